The standard InChI is InChI=1S/C10H16O2/c11-12-10-8-2-6-1-7(4-8)5-9(10)3-6/h6-11H,1-5H2/p-1. The van der Waals surface area contributed by atoms with Crippen LogP contribution in [0.15, 0.2) is 0 Å². The van der Waals surface area contributed by atoms with Crippen LogP contribution in [-0.4, -0.2) is 6.10 Å². The minimum absolute atomic E-state index is 0.0813. The van der Waals surface area contributed by atoms with Crippen molar-refractivity contribution < 1.29 is 10.1 Å². The van der Waals surface area contributed by atoms with E-state index in [1.165, 1.54) is 32.1 Å². The predicted molar refractivity (Wildman–Crippen MR) is 41.9 cm³/mol. The summed E-state index contributed by atoms with van der Waals surface area (Å²) in [4.78, 5) is 4.38. The van der Waals surface area contributed by atoms with Crippen molar-refractivity contribution in [2.75, 3.05) is 0 Å². The molecule has 2 nitrogen and oxygen atoms in total. The van der Waals surface area contributed by atoms with E-state index in [0.717, 1.165) is 11.8 Å². The third kappa shape index (κ3) is 0.882. The molecule has 0 aromatic carbocycles. The second kappa shape index (κ2) is 2.46. The van der Waals surface area contributed by atoms with Crippen LogP contribution in [0.2, 0.25) is 0 Å². The summed E-state index contributed by atoms with van der Waals surface area (Å²) in [6.07, 6.45) is 6.64. The van der Waals surface area contributed by atoms with Gasteiger partial charge in [0.25, 0.3) is 0 Å². The molecule has 0 aliphatic heterocycles. The molecule has 2 heteroatoms. The highest BCUT2D eigenvalue weighted by Gasteiger charge is 2.47. The van der Waals surface area contributed by atoms with Gasteiger partial charge in [0.15, 0.2) is 0 Å². The summed E-state index contributed by atoms with van der Waals surface area (Å²) in [5.74, 6) is 3.13. The molecule has 0 aromatic rings. The van der Waals surface area contributed by atoms with Gasteiger partial charge >= 0.3 is 0 Å². The summed E-state index contributed by atoms with van der Waals surface area (Å²) in [5.41, 5.74) is 0. The highest BCUT2D eigenvalue weighted by atomic mass is 17.1. The Morgan fingerprint density at radius 3 is 1.75 bits per heavy atom. The molecular weight excluding hydrogens is 152 g/mol. The Hall–Kier alpha value is -0.0800. The maximum Gasteiger partial charge on any atom is 0.0507 e. The molecule has 4 aliphatic rings. The normalized spacial score (nSPS) is 56.2. The zero-order chi connectivity index (χ0) is 8.13. The lowest BCUT2D eigenvalue weighted by atomic mass is 9.55. The minimum Gasteiger partial charge on any atom is -0.723 e. The average molecular weight is 167 g/mol. The van der Waals surface area contributed by atoms with Crippen molar-refractivity contribution in [3.05, 3.63) is 0 Å². The van der Waals surface area contributed by atoms with Crippen LogP contribution in [0.1, 0.15) is 32.1 Å². The average Bonchev–Trinajstić information content (AvgIpc) is 2.02. The van der Waals surface area contributed by atoms with Crippen LogP contribution in [0.3, 0.4) is 0 Å². The fraction of sp³-hybridized carbons (Fsp3) is 1.00. The van der Waals surface area contributed by atoms with Crippen LogP contribution < -0.4 is 5.26 Å². The van der Waals surface area contributed by atoms with Crippen molar-refractivity contribution >= 4 is 0 Å². The molecule has 0 saturated heterocycles. The third-order valence-corrected chi connectivity index (χ3v) is 4.25. The van der Waals surface area contributed by atoms with Crippen LogP contribution >= 0.6 is 0 Å². The molecule has 0 spiro atoms. The van der Waals surface area contributed by atoms with Crippen LogP contribution in [0.4, 0.5) is 0 Å². The number of rotatable bonds is 1. The van der Waals surface area contributed by atoms with Crippen LogP contribution in [0.5, 0.6) is 0 Å². The van der Waals surface area contributed by atoms with E-state index < -0.39 is 0 Å². The third-order valence-electron chi connectivity index (χ3n) is 4.25. The summed E-state index contributed by atoms with van der Waals surface area (Å²) in [6.45, 7) is 0. The fourth-order valence-electron chi connectivity index (χ4n) is 4.03. The molecule has 0 heterocycles. The Morgan fingerprint density at radius 2 is 1.33 bits per heavy atom. The predicted octanol–water partition coefficient (Wildman–Crippen LogP) is 1.10. The van der Waals surface area contributed by atoms with E-state index >= 15 is 0 Å². The highest BCUT2D eigenvalue weighted by Crippen LogP contribution is 2.54. The van der Waals surface area contributed by atoms with Crippen LogP contribution in [0.25, 0.3) is 0 Å². The molecule has 4 saturated carbocycles. The van der Waals surface area contributed by atoms with E-state index in [4.69, 9.17) is 0 Å². The zero-order valence-electron chi connectivity index (χ0n) is 7.24. The highest BCUT2D eigenvalue weighted by molar-refractivity contribution is 4.98. The second-order valence-corrected chi connectivity index (χ2v) is 4.99. The summed E-state index contributed by atoms with van der Waals surface area (Å²) >= 11 is 0. The largest absolute Gasteiger partial charge is 0.723 e. The molecule has 0 radical (unpaired) electrons. The second-order valence-electron chi connectivity index (χ2n) is 4.99. The van der Waals surface area contributed by atoms with Crippen molar-refractivity contribution in [2.24, 2.45) is 23.7 Å². The molecule has 4 rings (SSSR count). The smallest absolute Gasteiger partial charge is 0.0507 e. The minimum atomic E-state index is 0.0813. The topological polar surface area (TPSA) is 32.3 Å². The Kier molecular flexibility index (Phi) is 1.50. The quantitative estimate of drug-likeness (QED) is 0.433. The van der Waals surface area contributed by atoms with E-state index in [9.17, 15) is 5.26 Å². The lowest BCUT2D eigenvalue weighted by molar-refractivity contribution is -0.710. The lowest BCUT2D eigenvalue weighted by Crippen LogP contribution is -2.50. The van der Waals surface area contributed by atoms with Crippen molar-refractivity contribution in [2.45, 2.75) is 38.2 Å². The Morgan fingerprint density at radius 1 is 0.833 bits per heavy atom. The van der Waals surface area contributed by atoms with Gasteiger partial charge in [0.1, 0.15) is 0 Å². The molecule has 4 aliphatic carbocycles. The zero-order valence-corrected chi connectivity index (χ0v) is 7.24. The molecule has 0 unspecified atom stereocenters. The fourth-order valence-corrected chi connectivity index (χ4v) is 4.03. The first kappa shape index (κ1) is 7.34. The van der Waals surface area contributed by atoms with Gasteiger partial charge in [0.2, 0.25) is 0 Å². The van der Waals surface area contributed by atoms with Gasteiger partial charge in [-0.25, -0.2) is 0 Å². The van der Waals surface area contributed by atoms with E-state index in [0.29, 0.717) is 11.8 Å². The SMILES string of the molecule is [O-]OC1C2CC3CC(C2)CC1C3. The van der Waals surface area contributed by atoms with Gasteiger partial charge < -0.3 is 10.1 Å². The van der Waals surface area contributed by atoms with E-state index in [1.807, 2.05) is 0 Å². The molecule has 4 fully saturated rings. The maximum atomic E-state index is 10.5. The maximum absolute atomic E-state index is 10.5. The lowest BCUT2D eigenvalue weighted by Gasteiger charge is -2.54. The molecule has 12 heavy (non-hydrogen) atoms. The van der Waals surface area contributed by atoms with Gasteiger partial charge in [-0.2, -0.15) is 0 Å². The molecule has 0 N–H and O–H groups in total. The first-order valence-corrected chi connectivity index (χ1v) is 5.15. The number of hydrogen-bond acceptors (Lipinski definition) is 2. The van der Waals surface area contributed by atoms with Gasteiger partial charge in [0, 0.05) is 0 Å². The van der Waals surface area contributed by atoms with Crippen molar-refractivity contribution in [1.29, 1.82) is 0 Å². The summed E-state index contributed by atoms with van der Waals surface area (Å²) < 4.78 is 0. The first-order chi connectivity index (χ1) is 5.86. The Balaban J connectivity index is 1.86. The molecule has 0 atom stereocenters. The van der Waals surface area contributed by atoms with Crippen molar-refractivity contribution in [1.82, 2.24) is 0 Å². The van der Waals surface area contributed by atoms with E-state index in [1.54, 1.807) is 0 Å². The van der Waals surface area contributed by atoms with Gasteiger partial charge in [0.05, 0.1) is 6.10 Å². The van der Waals surface area contributed by atoms with Crippen molar-refractivity contribution in [3.63, 3.8) is 0 Å². The summed E-state index contributed by atoms with van der Waals surface area (Å²) in [6, 6.07) is 0. The van der Waals surface area contributed by atoms with Crippen molar-refractivity contribution in [3.8, 4) is 0 Å². The molecule has 0 aromatic heterocycles. The molecular formula is C10H15O2-. The van der Waals surface area contributed by atoms with E-state index in [-0.39, 0.29) is 6.10 Å². The van der Waals surface area contributed by atoms with E-state index in [2.05, 4.69) is 4.89 Å². The van der Waals surface area contributed by atoms with Gasteiger partial charge in [-0.3, -0.25) is 0 Å². The molecule has 68 valence electrons. The monoisotopic (exact) mass is 167 g/mol. The first-order valence-electron chi connectivity index (χ1n) is 5.15. The van der Waals surface area contributed by atoms with Gasteiger partial charge in [-0.1, -0.05) is 0 Å². The summed E-state index contributed by atoms with van der Waals surface area (Å²) in [5, 5.41) is 10.5. The Bertz CT molecular complexity index is 162. The number of hydrogen-bond donors (Lipinski definition) is 0. The summed E-state index contributed by atoms with van der Waals surface area (Å²) in [7, 11) is 0. The van der Waals surface area contributed by atoms with Gasteiger partial charge in [-0.05, 0) is 55.8 Å². The van der Waals surface area contributed by atoms with Crippen LogP contribution in [0, 0.1) is 23.7 Å². The Labute approximate surface area is 72.8 Å². The van der Waals surface area contributed by atoms with Crippen LogP contribution in [-0.2, 0) is 4.89 Å². The van der Waals surface area contributed by atoms with Gasteiger partial charge in [-0.15, -0.1) is 0 Å². The molecule has 0 amide bonds. The molecule has 4 bridgehead atoms.